The van der Waals surface area contributed by atoms with Crippen LogP contribution in [0, 0.1) is 0 Å². The fourth-order valence-electron chi connectivity index (χ4n) is 2.81. The van der Waals surface area contributed by atoms with Crippen molar-refractivity contribution in [3.8, 4) is 0 Å². The first-order valence-corrected chi connectivity index (χ1v) is 11.5. The highest BCUT2D eigenvalue weighted by atomic mass is 32.2. The molecule has 0 bridgehead atoms. The molecule has 7 heteroatoms. The monoisotopic (exact) mass is 398 g/mol. The minimum Gasteiger partial charge on any atom is -0.370 e. The minimum atomic E-state index is -0.109. The van der Waals surface area contributed by atoms with Gasteiger partial charge in [0, 0.05) is 27.7 Å². The quantitative estimate of drug-likeness (QED) is 0.459. The number of quaternary nitrogens is 1. The van der Waals surface area contributed by atoms with Crippen LogP contribution >= 0.6 is 34.9 Å². The van der Waals surface area contributed by atoms with Gasteiger partial charge < -0.3 is 9.64 Å². The van der Waals surface area contributed by atoms with Crippen LogP contribution in [-0.4, -0.2) is 47.2 Å². The Hall–Kier alpha value is -0.340. The summed E-state index contributed by atoms with van der Waals surface area (Å²) in [5.74, 6) is 1.07. The van der Waals surface area contributed by atoms with Crippen LogP contribution in [0.2, 0.25) is 0 Å². The molecule has 4 nitrogen and oxygen atoms in total. The van der Waals surface area contributed by atoms with Crippen LogP contribution in [0.25, 0.3) is 10.2 Å². The molecule has 0 amide bonds. The van der Waals surface area contributed by atoms with E-state index in [4.69, 9.17) is 14.7 Å². The molecule has 1 aliphatic rings. The number of ether oxygens (including phenoxy) is 1. The second-order valence-electron chi connectivity index (χ2n) is 7.69. The van der Waals surface area contributed by atoms with E-state index in [1.807, 2.05) is 11.8 Å². The van der Waals surface area contributed by atoms with Gasteiger partial charge in [0.15, 0.2) is 5.16 Å². The van der Waals surface area contributed by atoms with Crippen molar-refractivity contribution in [1.82, 2.24) is 9.97 Å². The molecular weight excluding hydrogens is 370 g/mol. The smallest absolute Gasteiger partial charge is 0.190 e. The molecular formula is C18H28N3OS3+. The maximum atomic E-state index is 6.02. The number of thioether (sulfide) groups is 2. The number of hydrogen-bond acceptors (Lipinski definition) is 6. The van der Waals surface area contributed by atoms with Gasteiger partial charge in [-0.15, -0.1) is 11.3 Å². The summed E-state index contributed by atoms with van der Waals surface area (Å²) in [5, 5.41) is 3.83. The lowest BCUT2D eigenvalue weighted by atomic mass is 9.95. The van der Waals surface area contributed by atoms with Crippen LogP contribution in [0.4, 0.5) is 0 Å². The van der Waals surface area contributed by atoms with Crippen LogP contribution in [0.5, 0.6) is 0 Å². The van der Waals surface area contributed by atoms with Gasteiger partial charge in [-0.1, -0.05) is 37.4 Å². The number of fused-ring (bicyclic) bond motifs is 3. The van der Waals surface area contributed by atoms with Crippen LogP contribution < -0.4 is 4.90 Å². The predicted octanol–water partition coefficient (Wildman–Crippen LogP) is 3.28. The van der Waals surface area contributed by atoms with Crippen LogP contribution in [-0.2, 0) is 17.8 Å². The highest BCUT2D eigenvalue weighted by Crippen LogP contribution is 2.42. The van der Waals surface area contributed by atoms with Crippen molar-refractivity contribution >= 4 is 45.1 Å². The van der Waals surface area contributed by atoms with E-state index in [2.05, 4.69) is 41.8 Å². The molecule has 0 fully saturated rings. The van der Waals surface area contributed by atoms with Gasteiger partial charge in [-0.2, -0.15) is 0 Å². The summed E-state index contributed by atoms with van der Waals surface area (Å²) in [6.45, 7) is 10.6. The first-order valence-electron chi connectivity index (χ1n) is 8.80. The number of rotatable bonds is 6. The summed E-state index contributed by atoms with van der Waals surface area (Å²) in [5.41, 5.74) is 1.30. The first kappa shape index (κ1) is 19.4. The topological polar surface area (TPSA) is 39.5 Å². The van der Waals surface area contributed by atoms with Crippen LogP contribution in [0.1, 0.15) is 38.1 Å². The first-order chi connectivity index (χ1) is 11.7. The molecule has 0 aromatic carbocycles. The molecule has 0 saturated heterocycles. The third-order valence-corrected chi connectivity index (χ3v) is 7.00. The Morgan fingerprint density at radius 2 is 2.04 bits per heavy atom. The zero-order valence-electron chi connectivity index (χ0n) is 15.9. The molecule has 0 saturated carbocycles. The highest BCUT2D eigenvalue weighted by Gasteiger charge is 2.31. The van der Waals surface area contributed by atoms with Crippen molar-refractivity contribution in [3.63, 3.8) is 0 Å². The van der Waals surface area contributed by atoms with Gasteiger partial charge in [0.25, 0.3) is 0 Å². The predicted molar refractivity (Wildman–Crippen MR) is 109 cm³/mol. The summed E-state index contributed by atoms with van der Waals surface area (Å²) in [6, 6.07) is 0. The summed E-state index contributed by atoms with van der Waals surface area (Å²) in [4.78, 5) is 13.7. The largest absolute Gasteiger partial charge is 0.370 e. The summed E-state index contributed by atoms with van der Waals surface area (Å²) in [7, 11) is 4.39. The number of aromatic nitrogens is 2. The third-order valence-electron chi connectivity index (χ3n) is 4.06. The molecule has 0 unspecified atom stereocenters. The average Bonchev–Trinajstić information content (AvgIpc) is 2.82. The number of thiophene rings is 1. The Morgan fingerprint density at radius 3 is 2.72 bits per heavy atom. The summed E-state index contributed by atoms with van der Waals surface area (Å²) in [6.07, 6.45) is 0.939. The molecule has 3 heterocycles. The number of hydrogen-bond donors (Lipinski definition) is 1. The molecule has 0 aliphatic carbocycles. The van der Waals surface area contributed by atoms with Gasteiger partial charge >= 0.3 is 0 Å². The normalized spacial score (nSPS) is 16.8. The molecule has 0 radical (unpaired) electrons. The minimum absolute atomic E-state index is 0.109. The SMILES string of the molecule is CC(C)Sc1nc(SCC[NH+](C)C)c2c3c(sc2n1)COC(C)(C)C3. The van der Waals surface area contributed by atoms with E-state index in [0.29, 0.717) is 11.9 Å². The maximum absolute atomic E-state index is 6.02. The van der Waals surface area contributed by atoms with Crippen molar-refractivity contribution < 1.29 is 9.64 Å². The summed E-state index contributed by atoms with van der Waals surface area (Å²) < 4.78 is 6.02. The van der Waals surface area contributed by atoms with E-state index in [9.17, 15) is 0 Å². The average molecular weight is 399 g/mol. The Bertz CT molecular complexity index is 756. The molecule has 138 valence electrons. The molecule has 0 atom stereocenters. The van der Waals surface area contributed by atoms with E-state index in [0.717, 1.165) is 33.7 Å². The Morgan fingerprint density at radius 1 is 1.28 bits per heavy atom. The van der Waals surface area contributed by atoms with Gasteiger partial charge in [0.2, 0.25) is 0 Å². The highest BCUT2D eigenvalue weighted by molar-refractivity contribution is 8.00. The maximum Gasteiger partial charge on any atom is 0.190 e. The number of nitrogens with one attached hydrogen (secondary N) is 1. The second-order valence-corrected chi connectivity index (χ2v) is 11.4. The lowest BCUT2D eigenvalue weighted by molar-refractivity contribution is -0.855. The zero-order valence-corrected chi connectivity index (χ0v) is 18.4. The van der Waals surface area contributed by atoms with E-state index in [1.165, 1.54) is 20.7 Å². The Balaban J connectivity index is 2.03. The summed E-state index contributed by atoms with van der Waals surface area (Å²) >= 11 is 5.41. The van der Waals surface area contributed by atoms with E-state index < -0.39 is 0 Å². The Kier molecular flexibility index (Phi) is 6.00. The lowest BCUT2D eigenvalue weighted by Crippen LogP contribution is -3.06. The molecule has 1 aliphatic heterocycles. The van der Waals surface area contributed by atoms with E-state index in [1.54, 1.807) is 23.1 Å². The zero-order chi connectivity index (χ0) is 18.2. The van der Waals surface area contributed by atoms with Gasteiger partial charge in [0.1, 0.15) is 9.86 Å². The van der Waals surface area contributed by atoms with Gasteiger partial charge in [-0.05, 0) is 19.4 Å². The fraction of sp³-hybridized carbons (Fsp3) is 0.667. The van der Waals surface area contributed by atoms with Crippen molar-refractivity contribution in [2.75, 3.05) is 26.4 Å². The third kappa shape index (κ3) is 4.69. The van der Waals surface area contributed by atoms with Crippen LogP contribution in [0.3, 0.4) is 0 Å². The molecule has 0 spiro atoms. The van der Waals surface area contributed by atoms with Crippen molar-refractivity contribution in [1.29, 1.82) is 0 Å². The van der Waals surface area contributed by atoms with Gasteiger partial charge in [0.05, 0.1) is 32.8 Å². The number of nitrogens with zero attached hydrogens (tertiary/aromatic N) is 2. The Labute approximate surface area is 163 Å². The molecule has 25 heavy (non-hydrogen) atoms. The van der Waals surface area contributed by atoms with Crippen molar-refractivity contribution in [2.45, 2.75) is 61.8 Å². The fourth-order valence-corrected chi connectivity index (χ4v) is 6.02. The van der Waals surface area contributed by atoms with Crippen molar-refractivity contribution in [3.05, 3.63) is 10.4 Å². The van der Waals surface area contributed by atoms with Gasteiger partial charge in [-0.3, -0.25) is 0 Å². The molecule has 2 aromatic rings. The molecule has 1 N–H and O–H groups in total. The second kappa shape index (κ2) is 7.72. The molecule has 2 aromatic heterocycles. The van der Waals surface area contributed by atoms with Gasteiger partial charge in [-0.25, -0.2) is 9.97 Å². The van der Waals surface area contributed by atoms with Crippen LogP contribution in [0.15, 0.2) is 10.2 Å². The van der Waals surface area contributed by atoms with E-state index in [-0.39, 0.29) is 5.60 Å². The lowest BCUT2D eigenvalue weighted by Gasteiger charge is -2.30. The van der Waals surface area contributed by atoms with Crippen molar-refractivity contribution in [2.24, 2.45) is 0 Å². The molecule has 3 rings (SSSR count). The van der Waals surface area contributed by atoms with E-state index >= 15 is 0 Å². The standard InChI is InChI=1S/C18H27N3OS3/c1-11(2)24-17-19-15(23-8-7-21(5)6)14-12-9-18(3,4)22-10-13(12)25-16(14)20-17/h11H,7-10H2,1-6H3/p+1.